The highest BCUT2D eigenvalue weighted by Crippen LogP contribution is 2.33. The van der Waals surface area contributed by atoms with Gasteiger partial charge in [-0.3, -0.25) is 29.4 Å². The van der Waals surface area contributed by atoms with Crippen LogP contribution >= 0.6 is 0 Å². The number of imide groups is 1. The summed E-state index contributed by atoms with van der Waals surface area (Å²) in [4.78, 5) is 55.8. The van der Waals surface area contributed by atoms with Gasteiger partial charge in [0.05, 0.1) is 25.8 Å². The summed E-state index contributed by atoms with van der Waals surface area (Å²) in [7, 11) is 3.26. The zero-order valence-corrected chi connectivity index (χ0v) is 24.5. The molecule has 0 spiro atoms. The van der Waals surface area contributed by atoms with E-state index < -0.39 is 29.6 Å². The fourth-order valence-electron chi connectivity index (χ4n) is 6.33. The number of amides is 4. The molecule has 0 aromatic heterocycles. The van der Waals surface area contributed by atoms with E-state index in [4.69, 9.17) is 9.47 Å². The molecule has 3 aliphatic rings. The maximum absolute atomic E-state index is 15.3. The maximum atomic E-state index is 15.3. The largest absolute Gasteiger partial charge is 0.497 e. The second-order valence-corrected chi connectivity index (χ2v) is 11.2. The molecule has 228 valence electrons. The molecule has 0 aliphatic carbocycles. The Hall–Kier alpha value is -4.77. The minimum Gasteiger partial charge on any atom is -0.497 e. The van der Waals surface area contributed by atoms with Crippen LogP contribution in [-0.2, 0) is 16.1 Å². The quantitative estimate of drug-likeness (QED) is 0.415. The van der Waals surface area contributed by atoms with Crippen LogP contribution in [0.25, 0.3) is 0 Å². The Labute approximate surface area is 254 Å². The molecule has 1 N–H and O–H groups in total. The summed E-state index contributed by atoms with van der Waals surface area (Å²) < 4.78 is 26.0. The van der Waals surface area contributed by atoms with Gasteiger partial charge in [0.15, 0.2) is 0 Å². The Balaban J connectivity index is 1.18. The lowest BCUT2D eigenvalue weighted by Crippen LogP contribution is -2.52. The minimum atomic E-state index is -0.858. The number of piperidine rings is 1. The van der Waals surface area contributed by atoms with E-state index in [0.29, 0.717) is 31.7 Å². The first-order valence-electron chi connectivity index (χ1n) is 14.6. The highest BCUT2D eigenvalue weighted by atomic mass is 19.1. The van der Waals surface area contributed by atoms with E-state index in [1.807, 2.05) is 48.5 Å². The van der Waals surface area contributed by atoms with Crippen LogP contribution in [0.15, 0.2) is 60.7 Å². The van der Waals surface area contributed by atoms with Crippen LogP contribution in [0.1, 0.15) is 56.3 Å². The minimum absolute atomic E-state index is 0.00232. The molecule has 3 aromatic rings. The van der Waals surface area contributed by atoms with E-state index in [9.17, 15) is 19.2 Å². The molecule has 11 heteroatoms. The maximum Gasteiger partial charge on any atom is 0.258 e. The molecule has 3 aromatic carbocycles. The van der Waals surface area contributed by atoms with Gasteiger partial charge in [-0.25, -0.2) is 4.39 Å². The number of piperazine rings is 1. The number of ether oxygens (including phenoxy) is 2. The van der Waals surface area contributed by atoms with Gasteiger partial charge >= 0.3 is 0 Å². The summed E-state index contributed by atoms with van der Waals surface area (Å²) in [6.07, 6.45) is 0.280. The second-order valence-electron chi connectivity index (χ2n) is 11.2. The fraction of sp³-hybridized carbons (Fsp3) is 0.333. The summed E-state index contributed by atoms with van der Waals surface area (Å²) in [5.41, 5.74) is 2.57. The molecule has 0 bridgehead atoms. The Kier molecular flexibility index (Phi) is 8.05. The van der Waals surface area contributed by atoms with Crippen LogP contribution in [0.4, 0.5) is 4.39 Å². The van der Waals surface area contributed by atoms with Crippen molar-refractivity contribution in [3.05, 3.63) is 94.3 Å². The standard InChI is InChI=1S/C33H33FN4O6/c1-43-24-7-3-20(4-8-24)30(21-5-9-25(44-2)10-6-21)36-13-15-37(16-14-36)32(41)22-17-23-19-38(33(42)29(23)26(34)18-22)27-11-12-28(39)35-31(27)40/h3-10,17-18,27,30H,11-16,19H2,1-2H3,(H,35,39,40). The van der Waals surface area contributed by atoms with Crippen LogP contribution in [-0.4, -0.2) is 84.8 Å². The van der Waals surface area contributed by atoms with Crippen LogP contribution in [0.3, 0.4) is 0 Å². The van der Waals surface area contributed by atoms with E-state index in [1.54, 1.807) is 25.2 Å². The lowest BCUT2D eigenvalue weighted by Gasteiger charge is -2.40. The molecule has 10 nitrogen and oxygen atoms in total. The van der Waals surface area contributed by atoms with Gasteiger partial charge in [-0.2, -0.15) is 0 Å². The fourth-order valence-corrected chi connectivity index (χ4v) is 6.33. The number of benzene rings is 3. The van der Waals surface area contributed by atoms with Gasteiger partial charge in [0.2, 0.25) is 11.8 Å². The van der Waals surface area contributed by atoms with Gasteiger partial charge in [0.25, 0.3) is 11.8 Å². The molecule has 1 unspecified atom stereocenters. The number of methoxy groups -OCH3 is 2. The molecule has 2 saturated heterocycles. The lowest BCUT2D eigenvalue weighted by molar-refractivity contribution is -0.136. The average Bonchev–Trinajstić information content (AvgIpc) is 3.38. The van der Waals surface area contributed by atoms with Gasteiger partial charge in [-0.15, -0.1) is 0 Å². The van der Waals surface area contributed by atoms with Gasteiger partial charge < -0.3 is 19.3 Å². The third-order valence-corrected chi connectivity index (χ3v) is 8.65. The van der Waals surface area contributed by atoms with Crippen LogP contribution in [0.2, 0.25) is 0 Å². The zero-order chi connectivity index (χ0) is 31.0. The molecular formula is C33H33FN4O6. The number of fused-ring (bicyclic) bond motifs is 1. The number of halogens is 1. The van der Waals surface area contributed by atoms with Gasteiger partial charge in [-0.1, -0.05) is 24.3 Å². The number of nitrogens with one attached hydrogen (secondary N) is 1. The Morgan fingerprint density at radius 3 is 2.02 bits per heavy atom. The summed E-state index contributed by atoms with van der Waals surface area (Å²) >= 11 is 0. The summed E-state index contributed by atoms with van der Waals surface area (Å²) in [5, 5.41) is 2.24. The van der Waals surface area contributed by atoms with E-state index in [-0.39, 0.29) is 42.5 Å². The lowest BCUT2D eigenvalue weighted by atomic mass is 9.96. The highest BCUT2D eigenvalue weighted by Gasteiger charge is 2.41. The van der Waals surface area contributed by atoms with E-state index in [2.05, 4.69) is 10.2 Å². The predicted molar refractivity (Wildman–Crippen MR) is 158 cm³/mol. The van der Waals surface area contributed by atoms with E-state index in [1.165, 1.54) is 4.90 Å². The number of nitrogens with zero attached hydrogens (tertiary/aromatic N) is 3. The predicted octanol–water partition coefficient (Wildman–Crippen LogP) is 3.15. The molecule has 3 aliphatic heterocycles. The molecule has 6 rings (SSSR count). The normalized spacial score (nSPS) is 18.8. The summed E-state index contributed by atoms with van der Waals surface area (Å²) in [5.74, 6) is -1.15. The van der Waals surface area contributed by atoms with Crippen molar-refractivity contribution in [3.63, 3.8) is 0 Å². The molecular weight excluding hydrogens is 567 g/mol. The van der Waals surface area contributed by atoms with Crippen molar-refractivity contribution >= 4 is 23.6 Å². The van der Waals surface area contributed by atoms with Gasteiger partial charge in [0.1, 0.15) is 23.4 Å². The van der Waals surface area contributed by atoms with Crippen molar-refractivity contribution in [2.24, 2.45) is 0 Å². The average molecular weight is 601 g/mol. The van der Waals surface area contributed by atoms with Crippen molar-refractivity contribution in [3.8, 4) is 11.5 Å². The molecule has 44 heavy (non-hydrogen) atoms. The molecule has 2 fully saturated rings. The topological polar surface area (TPSA) is 108 Å². The summed E-state index contributed by atoms with van der Waals surface area (Å²) in [6, 6.07) is 17.6. The first-order chi connectivity index (χ1) is 21.3. The monoisotopic (exact) mass is 600 g/mol. The highest BCUT2D eigenvalue weighted by molar-refractivity contribution is 6.06. The molecule has 1 atom stereocenters. The Morgan fingerprint density at radius 1 is 0.886 bits per heavy atom. The summed E-state index contributed by atoms with van der Waals surface area (Å²) in [6.45, 7) is 2.04. The smallest absolute Gasteiger partial charge is 0.258 e. The van der Waals surface area contributed by atoms with Gasteiger partial charge in [-0.05, 0) is 59.5 Å². The zero-order valence-electron chi connectivity index (χ0n) is 24.5. The SMILES string of the molecule is COc1ccc(C(c2ccc(OC)cc2)N2CCN(C(=O)c3cc(F)c4c(c3)CN(C3CCC(=O)NC3=O)C4=O)CC2)cc1. The van der Waals surface area contributed by atoms with Crippen LogP contribution in [0, 0.1) is 5.82 Å². The number of carbonyl (C=O) groups excluding carboxylic acids is 4. The first kappa shape index (κ1) is 29.3. The Morgan fingerprint density at radius 2 is 1.48 bits per heavy atom. The van der Waals surface area contributed by atoms with Crippen molar-refractivity contribution in [2.75, 3.05) is 40.4 Å². The number of rotatable bonds is 7. The van der Waals surface area contributed by atoms with E-state index in [0.717, 1.165) is 28.7 Å². The van der Waals surface area contributed by atoms with Crippen molar-refractivity contribution < 1.29 is 33.0 Å². The molecule has 0 saturated carbocycles. The van der Waals surface area contributed by atoms with Crippen molar-refractivity contribution in [1.29, 1.82) is 0 Å². The van der Waals surface area contributed by atoms with E-state index >= 15 is 4.39 Å². The third-order valence-electron chi connectivity index (χ3n) is 8.65. The molecule has 4 amide bonds. The molecule has 3 heterocycles. The Bertz CT molecular complexity index is 1550. The van der Waals surface area contributed by atoms with Crippen LogP contribution < -0.4 is 14.8 Å². The van der Waals surface area contributed by atoms with Crippen molar-refractivity contribution in [2.45, 2.75) is 31.5 Å². The van der Waals surface area contributed by atoms with Gasteiger partial charge in [0, 0.05) is 44.7 Å². The number of hydrogen-bond acceptors (Lipinski definition) is 7. The van der Waals surface area contributed by atoms with Crippen molar-refractivity contribution in [1.82, 2.24) is 20.0 Å². The molecule has 0 radical (unpaired) electrons. The number of carbonyl (C=O) groups is 4. The number of hydrogen-bond donors (Lipinski definition) is 1. The van der Waals surface area contributed by atoms with Crippen LogP contribution in [0.5, 0.6) is 11.5 Å². The second kappa shape index (κ2) is 12.1. The first-order valence-corrected chi connectivity index (χ1v) is 14.6. The third kappa shape index (κ3) is 5.50.